The molecule has 0 atom stereocenters. The van der Waals surface area contributed by atoms with E-state index in [9.17, 15) is 9.36 Å². The number of carbonyl (C=O) groups is 1. The number of nitrogens with one attached hydrogen (secondary N) is 1. The maximum atomic E-state index is 10.7. The first-order valence-corrected chi connectivity index (χ1v) is 5.06. The molecule has 0 spiro atoms. The van der Waals surface area contributed by atoms with Crippen LogP contribution in [0.3, 0.4) is 0 Å². The monoisotopic (exact) mass is 213 g/mol. The standard InChI is InChI=1S/C5H12NO6P/c7-3-1-2-6-5(8)4-12-13(9,10)11/h7H,1-4H2,(H,6,8)(H2,9,10,11). The number of carbonyl (C=O) groups excluding carboxylic acids is 1. The third-order valence-electron chi connectivity index (χ3n) is 1.02. The second-order valence-corrected chi connectivity index (χ2v) is 3.43. The van der Waals surface area contributed by atoms with Gasteiger partial charge >= 0.3 is 7.82 Å². The van der Waals surface area contributed by atoms with Crippen molar-refractivity contribution in [2.75, 3.05) is 19.8 Å². The maximum absolute atomic E-state index is 10.7. The Morgan fingerprint density at radius 1 is 1.46 bits per heavy atom. The molecule has 0 aliphatic carbocycles. The van der Waals surface area contributed by atoms with Crippen molar-refractivity contribution in [2.45, 2.75) is 6.42 Å². The zero-order valence-electron chi connectivity index (χ0n) is 6.84. The van der Waals surface area contributed by atoms with E-state index in [2.05, 4.69) is 9.84 Å². The Morgan fingerprint density at radius 3 is 2.54 bits per heavy atom. The van der Waals surface area contributed by atoms with Crippen molar-refractivity contribution in [3.8, 4) is 0 Å². The first kappa shape index (κ1) is 12.5. The molecule has 0 aromatic heterocycles. The predicted molar refractivity (Wildman–Crippen MR) is 42.7 cm³/mol. The van der Waals surface area contributed by atoms with E-state index >= 15 is 0 Å². The van der Waals surface area contributed by atoms with Gasteiger partial charge in [-0.2, -0.15) is 0 Å². The number of aliphatic hydroxyl groups excluding tert-OH is 1. The first-order chi connectivity index (χ1) is 5.95. The largest absolute Gasteiger partial charge is 0.470 e. The number of phosphoric ester groups is 1. The van der Waals surface area contributed by atoms with E-state index in [4.69, 9.17) is 14.9 Å². The topological polar surface area (TPSA) is 116 Å². The minimum atomic E-state index is -4.57. The molecule has 0 bridgehead atoms. The van der Waals surface area contributed by atoms with Gasteiger partial charge in [-0.15, -0.1) is 0 Å². The molecule has 13 heavy (non-hydrogen) atoms. The summed E-state index contributed by atoms with van der Waals surface area (Å²) in [5, 5.41) is 10.6. The van der Waals surface area contributed by atoms with E-state index in [1.807, 2.05) is 0 Å². The van der Waals surface area contributed by atoms with Crippen LogP contribution in [0, 0.1) is 0 Å². The fourth-order valence-corrected chi connectivity index (χ4v) is 0.786. The number of hydrogen-bond acceptors (Lipinski definition) is 4. The molecule has 1 amide bonds. The molecule has 0 aliphatic rings. The van der Waals surface area contributed by atoms with Gasteiger partial charge in [0.25, 0.3) is 0 Å². The fraction of sp³-hybridized carbons (Fsp3) is 0.800. The van der Waals surface area contributed by atoms with Gasteiger partial charge in [-0.05, 0) is 6.42 Å². The highest BCUT2D eigenvalue weighted by molar-refractivity contribution is 7.46. The van der Waals surface area contributed by atoms with Gasteiger partial charge in [0.2, 0.25) is 5.91 Å². The van der Waals surface area contributed by atoms with Crippen LogP contribution in [0.25, 0.3) is 0 Å². The van der Waals surface area contributed by atoms with Crippen molar-refractivity contribution in [2.24, 2.45) is 0 Å². The minimum absolute atomic E-state index is 0.0559. The third kappa shape index (κ3) is 9.45. The summed E-state index contributed by atoms with van der Waals surface area (Å²) in [6, 6.07) is 0. The summed E-state index contributed by atoms with van der Waals surface area (Å²) in [5.41, 5.74) is 0. The lowest BCUT2D eigenvalue weighted by Gasteiger charge is -2.05. The molecule has 0 fully saturated rings. The van der Waals surface area contributed by atoms with Crippen LogP contribution < -0.4 is 5.32 Å². The highest BCUT2D eigenvalue weighted by atomic mass is 31.2. The summed E-state index contributed by atoms with van der Waals surface area (Å²) in [7, 11) is -4.57. The molecule has 0 rings (SSSR count). The Balaban J connectivity index is 3.47. The van der Waals surface area contributed by atoms with Gasteiger partial charge in [0, 0.05) is 13.2 Å². The first-order valence-electron chi connectivity index (χ1n) is 3.53. The van der Waals surface area contributed by atoms with Gasteiger partial charge in [0.05, 0.1) is 0 Å². The lowest BCUT2D eigenvalue weighted by atomic mass is 10.4. The lowest BCUT2D eigenvalue weighted by molar-refractivity contribution is -0.123. The molecular formula is C5H12NO6P. The SMILES string of the molecule is O=C(COP(=O)(O)O)NCCCO. The van der Waals surface area contributed by atoms with Crippen LogP contribution in [0.4, 0.5) is 0 Å². The van der Waals surface area contributed by atoms with Crippen molar-refractivity contribution in [1.82, 2.24) is 5.32 Å². The van der Waals surface area contributed by atoms with Crippen molar-refractivity contribution in [3.05, 3.63) is 0 Å². The highest BCUT2D eigenvalue weighted by Crippen LogP contribution is 2.35. The predicted octanol–water partition coefficient (Wildman–Crippen LogP) is -1.41. The molecule has 0 aliphatic heterocycles. The van der Waals surface area contributed by atoms with Crippen LogP contribution in [0.2, 0.25) is 0 Å². The van der Waals surface area contributed by atoms with E-state index in [0.717, 1.165) is 0 Å². The van der Waals surface area contributed by atoms with Crippen molar-refractivity contribution in [3.63, 3.8) is 0 Å². The summed E-state index contributed by atoms with van der Waals surface area (Å²) >= 11 is 0. The molecule has 0 saturated carbocycles. The van der Waals surface area contributed by atoms with E-state index in [1.54, 1.807) is 0 Å². The van der Waals surface area contributed by atoms with Crippen LogP contribution >= 0.6 is 7.82 Å². The quantitative estimate of drug-likeness (QED) is 0.318. The van der Waals surface area contributed by atoms with Gasteiger partial charge in [-0.1, -0.05) is 0 Å². The fourth-order valence-electron chi connectivity index (χ4n) is 0.501. The Bertz CT molecular complexity index is 201. The molecule has 0 radical (unpaired) electrons. The molecule has 0 heterocycles. The lowest BCUT2D eigenvalue weighted by Crippen LogP contribution is -2.28. The van der Waals surface area contributed by atoms with Crippen LogP contribution in [0.1, 0.15) is 6.42 Å². The van der Waals surface area contributed by atoms with Gasteiger partial charge in [-0.25, -0.2) is 4.57 Å². The number of aliphatic hydroxyl groups is 1. The Morgan fingerprint density at radius 2 is 2.08 bits per heavy atom. The average Bonchev–Trinajstić information content (AvgIpc) is 2.00. The molecule has 0 unspecified atom stereocenters. The normalized spacial score (nSPS) is 11.3. The van der Waals surface area contributed by atoms with Crippen LogP contribution in [-0.2, 0) is 13.9 Å². The van der Waals surface area contributed by atoms with Gasteiger partial charge < -0.3 is 20.2 Å². The second-order valence-electron chi connectivity index (χ2n) is 2.19. The number of phosphoric acid groups is 1. The minimum Gasteiger partial charge on any atom is -0.396 e. The summed E-state index contributed by atoms with van der Waals surface area (Å²) in [6.07, 6.45) is 0.391. The smallest absolute Gasteiger partial charge is 0.396 e. The molecule has 0 aromatic rings. The zero-order valence-corrected chi connectivity index (χ0v) is 7.74. The number of rotatable bonds is 6. The van der Waals surface area contributed by atoms with Crippen LogP contribution in [0.5, 0.6) is 0 Å². The van der Waals surface area contributed by atoms with Crippen LogP contribution in [0.15, 0.2) is 0 Å². The van der Waals surface area contributed by atoms with Crippen molar-refractivity contribution >= 4 is 13.7 Å². The summed E-state index contributed by atoms with van der Waals surface area (Å²) in [5.74, 6) is -0.628. The second kappa shape index (κ2) is 6.06. The molecular weight excluding hydrogens is 201 g/mol. The maximum Gasteiger partial charge on any atom is 0.470 e. The summed E-state index contributed by atoms with van der Waals surface area (Å²) in [4.78, 5) is 27.1. The average molecular weight is 213 g/mol. The zero-order chi connectivity index (χ0) is 10.3. The van der Waals surface area contributed by atoms with E-state index in [-0.39, 0.29) is 13.2 Å². The van der Waals surface area contributed by atoms with Crippen LogP contribution in [-0.4, -0.2) is 40.6 Å². The van der Waals surface area contributed by atoms with Crippen molar-refractivity contribution < 1.29 is 28.8 Å². The summed E-state index contributed by atoms with van der Waals surface area (Å²) < 4.78 is 14.0. The van der Waals surface area contributed by atoms with E-state index in [0.29, 0.717) is 6.42 Å². The molecule has 0 aromatic carbocycles. The Kier molecular flexibility index (Phi) is 5.85. The molecule has 8 heteroatoms. The summed E-state index contributed by atoms with van der Waals surface area (Å²) in [6.45, 7) is -0.491. The molecule has 78 valence electrons. The van der Waals surface area contributed by atoms with Gasteiger partial charge in [0.1, 0.15) is 6.61 Å². The van der Waals surface area contributed by atoms with Gasteiger partial charge in [0.15, 0.2) is 0 Å². The van der Waals surface area contributed by atoms with Gasteiger partial charge in [-0.3, -0.25) is 9.32 Å². The Labute approximate surface area is 75.0 Å². The Hall–Kier alpha value is -0.460. The van der Waals surface area contributed by atoms with E-state index < -0.39 is 20.3 Å². The third-order valence-corrected chi connectivity index (χ3v) is 1.49. The highest BCUT2D eigenvalue weighted by Gasteiger charge is 2.15. The number of amides is 1. The van der Waals surface area contributed by atoms with E-state index in [1.165, 1.54) is 0 Å². The molecule has 7 nitrogen and oxygen atoms in total. The van der Waals surface area contributed by atoms with Crippen molar-refractivity contribution in [1.29, 1.82) is 0 Å². The number of hydrogen-bond donors (Lipinski definition) is 4. The molecule has 0 saturated heterocycles. The molecule has 4 N–H and O–H groups in total.